The Morgan fingerprint density at radius 2 is 2.33 bits per heavy atom. The second-order valence-electron chi connectivity index (χ2n) is 4.73. The number of phenols is 1. The van der Waals surface area contributed by atoms with Gasteiger partial charge in [-0.1, -0.05) is 18.2 Å². The summed E-state index contributed by atoms with van der Waals surface area (Å²) in [7, 11) is 0. The lowest BCUT2D eigenvalue weighted by Gasteiger charge is -2.31. The molecule has 92 valence electrons. The van der Waals surface area contributed by atoms with Crippen molar-refractivity contribution >= 4 is 11.6 Å². The highest BCUT2D eigenvalue weighted by molar-refractivity contribution is 5.98. The molecule has 0 bridgehead atoms. The lowest BCUT2D eigenvalue weighted by Crippen LogP contribution is -2.35. The maximum Gasteiger partial charge on any atom is 0.271 e. The first-order valence-electron chi connectivity index (χ1n) is 6.06. The van der Waals surface area contributed by atoms with Crippen molar-refractivity contribution in [2.24, 2.45) is 16.9 Å². The van der Waals surface area contributed by atoms with Gasteiger partial charge in [-0.25, -0.2) is 5.43 Å². The molecule has 1 amide bonds. The van der Waals surface area contributed by atoms with Crippen molar-refractivity contribution in [1.82, 2.24) is 5.43 Å². The Labute approximate surface area is 105 Å². The van der Waals surface area contributed by atoms with Crippen LogP contribution in [0.15, 0.2) is 41.5 Å². The highest BCUT2D eigenvalue weighted by atomic mass is 16.3. The lowest BCUT2D eigenvalue weighted by molar-refractivity contribution is 0.0953. The molecule has 4 heteroatoms. The number of nitrogens with zero attached hydrogens (tertiary/aromatic N) is 1. The molecule has 3 rings (SSSR count). The summed E-state index contributed by atoms with van der Waals surface area (Å²) < 4.78 is 0. The second-order valence-corrected chi connectivity index (χ2v) is 4.73. The summed E-state index contributed by atoms with van der Waals surface area (Å²) in [6, 6.07) is 6.24. The maximum absolute atomic E-state index is 11.8. The molecule has 18 heavy (non-hydrogen) atoms. The van der Waals surface area contributed by atoms with Gasteiger partial charge in [0.1, 0.15) is 5.75 Å². The van der Waals surface area contributed by atoms with E-state index in [1.165, 1.54) is 12.1 Å². The van der Waals surface area contributed by atoms with Crippen LogP contribution >= 0.6 is 0 Å². The third-order valence-corrected chi connectivity index (χ3v) is 3.57. The largest absolute Gasteiger partial charge is 0.508 e. The maximum atomic E-state index is 11.8. The topological polar surface area (TPSA) is 61.7 Å². The molecular formula is C14H14N2O2. The molecule has 0 heterocycles. The molecule has 2 N–H and O–H groups in total. The molecule has 2 aliphatic rings. The highest BCUT2D eigenvalue weighted by Gasteiger charge is 2.37. The summed E-state index contributed by atoms with van der Waals surface area (Å²) >= 11 is 0. The third kappa shape index (κ3) is 1.90. The van der Waals surface area contributed by atoms with Crippen LogP contribution < -0.4 is 5.43 Å². The lowest BCUT2D eigenvalue weighted by atomic mass is 9.74. The van der Waals surface area contributed by atoms with Gasteiger partial charge < -0.3 is 5.11 Å². The number of allylic oxidation sites excluding steroid dienone is 2. The minimum Gasteiger partial charge on any atom is -0.508 e. The van der Waals surface area contributed by atoms with Gasteiger partial charge in [0.25, 0.3) is 5.91 Å². The minimum absolute atomic E-state index is 0.0824. The minimum atomic E-state index is -0.284. The van der Waals surface area contributed by atoms with Crippen LogP contribution in [0.4, 0.5) is 0 Å². The number of hydrogen-bond acceptors (Lipinski definition) is 3. The zero-order valence-electron chi connectivity index (χ0n) is 9.84. The van der Waals surface area contributed by atoms with Gasteiger partial charge in [0.15, 0.2) is 0 Å². The molecule has 1 fully saturated rings. The van der Waals surface area contributed by atoms with E-state index in [4.69, 9.17) is 0 Å². The van der Waals surface area contributed by atoms with E-state index in [1.54, 1.807) is 12.1 Å². The summed E-state index contributed by atoms with van der Waals surface area (Å²) in [5, 5.41) is 13.5. The molecule has 1 aromatic carbocycles. The van der Waals surface area contributed by atoms with Crippen molar-refractivity contribution in [3.05, 3.63) is 42.0 Å². The van der Waals surface area contributed by atoms with Crippen LogP contribution in [0.25, 0.3) is 0 Å². The molecule has 0 spiro atoms. The van der Waals surface area contributed by atoms with E-state index < -0.39 is 0 Å². The SMILES string of the molecule is O=C(N/N=C1\CC2C=CCC12)c1cccc(O)c1. The standard InChI is InChI=1S/C14H14N2O2/c17-11-5-1-4-10(7-11)14(18)16-15-13-8-9-3-2-6-12(9)13/h1-5,7,9,12,17H,6,8H2,(H,16,18)/b15-13+. The zero-order chi connectivity index (χ0) is 12.5. The number of nitrogens with one attached hydrogen (secondary N) is 1. The molecule has 1 aromatic rings. The van der Waals surface area contributed by atoms with Crippen LogP contribution in [0.3, 0.4) is 0 Å². The average molecular weight is 242 g/mol. The van der Waals surface area contributed by atoms with Crippen LogP contribution in [0.2, 0.25) is 0 Å². The van der Waals surface area contributed by atoms with Crippen LogP contribution in [0, 0.1) is 11.8 Å². The first kappa shape index (κ1) is 11.0. The summed E-state index contributed by atoms with van der Waals surface area (Å²) in [5.74, 6) is 0.919. The molecule has 2 atom stereocenters. The Morgan fingerprint density at radius 3 is 3.11 bits per heavy atom. The predicted octanol–water partition coefficient (Wildman–Crippen LogP) is 2.07. The van der Waals surface area contributed by atoms with Crippen molar-refractivity contribution in [3.8, 4) is 5.75 Å². The zero-order valence-corrected chi connectivity index (χ0v) is 9.84. The van der Waals surface area contributed by atoms with Gasteiger partial charge in [0.05, 0.1) is 0 Å². The van der Waals surface area contributed by atoms with Crippen molar-refractivity contribution in [3.63, 3.8) is 0 Å². The Balaban J connectivity index is 1.64. The van der Waals surface area contributed by atoms with Crippen molar-refractivity contribution < 1.29 is 9.90 Å². The molecule has 2 unspecified atom stereocenters. The fourth-order valence-electron chi connectivity index (χ4n) is 2.50. The Morgan fingerprint density at radius 1 is 1.44 bits per heavy atom. The van der Waals surface area contributed by atoms with Gasteiger partial charge in [-0.3, -0.25) is 4.79 Å². The smallest absolute Gasteiger partial charge is 0.271 e. The van der Waals surface area contributed by atoms with Crippen molar-refractivity contribution in [1.29, 1.82) is 0 Å². The molecule has 1 saturated carbocycles. The van der Waals surface area contributed by atoms with Crippen molar-refractivity contribution in [2.75, 3.05) is 0 Å². The highest BCUT2D eigenvalue weighted by Crippen LogP contribution is 2.40. The number of carbonyl (C=O) groups is 1. The molecule has 0 saturated heterocycles. The Kier molecular flexibility index (Phi) is 2.63. The summed E-state index contributed by atoms with van der Waals surface area (Å²) in [6.07, 6.45) is 6.38. The van der Waals surface area contributed by atoms with Gasteiger partial charge in [-0.2, -0.15) is 5.10 Å². The quantitative estimate of drug-likeness (QED) is 0.616. The average Bonchev–Trinajstić information content (AvgIpc) is 2.71. The van der Waals surface area contributed by atoms with Gasteiger partial charge in [-0.15, -0.1) is 0 Å². The first-order chi connectivity index (χ1) is 8.74. The fraction of sp³-hybridized carbons (Fsp3) is 0.286. The monoisotopic (exact) mass is 242 g/mol. The number of phenolic OH excluding ortho intramolecular Hbond substituents is 1. The van der Waals surface area contributed by atoms with E-state index in [0.29, 0.717) is 17.4 Å². The number of hydrogen-bond donors (Lipinski definition) is 2. The van der Waals surface area contributed by atoms with Gasteiger partial charge >= 0.3 is 0 Å². The number of benzene rings is 1. The molecular weight excluding hydrogens is 228 g/mol. The molecule has 2 aliphatic carbocycles. The van der Waals surface area contributed by atoms with E-state index in [0.717, 1.165) is 18.6 Å². The van der Waals surface area contributed by atoms with Crippen molar-refractivity contribution in [2.45, 2.75) is 12.8 Å². The summed E-state index contributed by atoms with van der Waals surface area (Å²) in [6.45, 7) is 0. The van der Waals surface area contributed by atoms with Crippen LogP contribution in [0.1, 0.15) is 23.2 Å². The molecule has 4 nitrogen and oxygen atoms in total. The van der Waals surface area contributed by atoms with E-state index in [2.05, 4.69) is 22.7 Å². The predicted molar refractivity (Wildman–Crippen MR) is 68.4 cm³/mol. The summed E-state index contributed by atoms with van der Waals surface area (Å²) in [4.78, 5) is 11.8. The van der Waals surface area contributed by atoms with Gasteiger partial charge in [0, 0.05) is 17.2 Å². The number of carbonyl (C=O) groups excluding carboxylic acids is 1. The van der Waals surface area contributed by atoms with E-state index in [-0.39, 0.29) is 11.7 Å². The van der Waals surface area contributed by atoms with E-state index in [1.807, 2.05) is 0 Å². The molecule has 0 radical (unpaired) electrons. The van der Waals surface area contributed by atoms with Crippen LogP contribution in [-0.4, -0.2) is 16.7 Å². The van der Waals surface area contributed by atoms with Crippen LogP contribution in [0.5, 0.6) is 5.75 Å². The molecule has 0 aliphatic heterocycles. The Hall–Kier alpha value is -2.10. The number of rotatable bonds is 2. The summed E-state index contributed by atoms with van der Waals surface area (Å²) in [5.41, 5.74) is 4.04. The van der Waals surface area contributed by atoms with Crippen LogP contribution in [-0.2, 0) is 0 Å². The Bertz CT molecular complexity index is 548. The first-order valence-corrected chi connectivity index (χ1v) is 6.06. The van der Waals surface area contributed by atoms with E-state index >= 15 is 0 Å². The number of aromatic hydroxyl groups is 1. The van der Waals surface area contributed by atoms with Gasteiger partial charge in [0.2, 0.25) is 0 Å². The number of fused-ring (bicyclic) bond motifs is 1. The fourth-order valence-corrected chi connectivity index (χ4v) is 2.50. The number of amides is 1. The molecule has 0 aromatic heterocycles. The number of hydrazone groups is 1. The normalized spacial score (nSPS) is 26.8. The van der Waals surface area contributed by atoms with E-state index in [9.17, 15) is 9.90 Å². The second kappa shape index (κ2) is 4.29. The van der Waals surface area contributed by atoms with Gasteiger partial charge in [-0.05, 0) is 37.0 Å². The third-order valence-electron chi connectivity index (χ3n) is 3.57.